The van der Waals surface area contributed by atoms with Crippen molar-refractivity contribution in [1.29, 1.82) is 0 Å². The summed E-state index contributed by atoms with van der Waals surface area (Å²) in [6.07, 6.45) is 3.92. The molecule has 0 saturated heterocycles. The predicted molar refractivity (Wildman–Crippen MR) is 60.0 cm³/mol. The topological polar surface area (TPSA) is 24.4 Å². The van der Waals surface area contributed by atoms with E-state index in [9.17, 15) is 0 Å². The first-order valence-corrected chi connectivity index (χ1v) is 4.44. The number of rotatable bonds is 0. The van der Waals surface area contributed by atoms with Gasteiger partial charge in [0.05, 0.1) is 5.69 Å². The van der Waals surface area contributed by atoms with Crippen molar-refractivity contribution in [1.82, 2.24) is 0 Å². The second-order valence-electron chi connectivity index (χ2n) is 2.90. The van der Waals surface area contributed by atoms with Crippen molar-refractivity contribution in [2.45, 2.75) is 6.92 Å². The lowest BCUT2D eigenvalue weighted by Crippen LogP contribution is -1.93. The summed E-state index contributed by atoms with van der Waals surface area (Å²) in [6.45, 7) is 1.80. The van der Waals surface area contributed by atoms with Crippen LogP contribution >= 0.6 is 0 Å². The molecule has 1 aromatic rings. The van der Waals surface area contributed by atoms with E-state index in [0.717, 1.165) is 17.0 Å². The van der Waals surface area contributed by atoms with Crippen LogP contribution in [0.2, 0.25) is 0 Å². The van der Waals surface area contributed by atoms with Gasteiger partial charge in [-0.2, -0.15) is 5.10 Å². The smallest absolute Gasteiger partial charge is 0.133 e. The summed E-state index contributed by atoms with van der Waals surface area (Å²) in [5.74, 6) is 5.73. The van der Waals surface area contributed by atoms with Gasteiger partial charge in [0.2, 0.25) is 0 Å². The lowest BCUT2D eigenvalue weighted by Gasteiger charge is -2.01. The first kappa shape index (κ1) is 8.58. The molecule has 0 saturated carbocycles. The molecule has 1 aliphatic heterocycles. The van der Waals surface area contributed by atoms with Crippen molar-refractivity contribution >= 4 is 17.5 Å². The maximum Gasteiger partial charge on any atom is 0.133 e. The zero-order valence-corrected chi connectivity index (χ0v) is 7.91. The highest BCUT2D eigenvalue weighted by Crippen LogP contribution is 2.18. The van der Waals surface area contributed by atoms with Gasteiger partial charge >= 0.3 is 0 Å². The Morgan fingerprint density at radius 1 is 1.21 bits per heavy atom. The minimum Gasteiger partial charge on any atom is -0.277 e. The molecule has 1 aromatic carbocycles. The first-order chi connectivity index (χ1) is 6.90. The molecule has 0 fully saturated rings. The zero-order valence-electron chi connectivity index (χ0n) is 7.91. The summed E-state index contributed by atoms with van der Waals surface area (Å²) in [4.78, 5) is 0. The Bertz CT molecular complexity index is 459. The van der Waals surface area contributed by atoms with Crippen LogP contribution in [-0.2, 0) is 0 Å². The highest BCUT2D eigenvalue weighted by atomic mass is 15.3. The fourth-order valence-corrected chi connectivity index (χ4v) is 1.27. The Balaban J connectivity index is 2.39. The molecule has 0 aromatic heterocycles. The Kier molecular flexibility index (Phi) is 2.33. The van der Waals surface area contributed by atoms with Crippen LogP contribution in [0, 0.1) is 11.8 Å². The van der Waals surface area contributed by atoms with Gasteiger partial charge < -0.3 is 0 Å². The number of nitrogens with one attached hydrogen (secondary N) is 1. The maximum absolute atomic E-state index is 4.16. The van der Waals surface area contributed by atoms with Crippen LogP contribution in [0.4, 0.5) is 5.69 Å². The summed E-state index contributed by atoms with van der Waals surface area (Å²) >= 11 is 0. The Morgan fingerprint density at radius 2 is 2.07 bits per heavy atom. The van der Waals surface area contributed by atoms with Crippen molar-refractivity contribution < 1.29 is 0 Å². The van der Waals surface area contributed by atoms with Crippen molar-refractivity contribution in [2.24, 2.45) is 5.10 Å². The Hall–Kier alpha value is -2.01. The molecule has 2 heteroatoms. The van der Waals surface area contributed by atoms with E-state index in [1.54, 1.807) is 6.92 Å². The molecular weight excluding hydrogens is 172 g/mol. The molecule has 0 unspecified atom stereocenters. The summed E-state index contributed by atoms with van der Waals surface area (Å²) in [6, 6.07) is 8.01. The fourth-order valence-electron chi connectivity index (χ4n) is 1.27. The quantitative estimate of drug-likeness (QED) is 0.612. The number of hydrogen-bond donors (Lipinski definition) is 1. The number of allylic oxidation sites excluding steroid dienone is 1. The van der Waals surface area contributed by atoms with Crippen molar-refractivity contribution in [2.75, 3.05) is 5.43 Å². The number of para-hydroxylation sites is 1. The van der Waals surface area contributed by atoms with Crippen molar-refractivity contribution in [3.05, 3.63) is 35.9 Å². The molecule has 14 heavy (non-hydrogen) atoms. The highest BCUT2D eigenvalue weighted by molar-refractivity contribution is 6.12. The summed E-state index contributed by atoms with van der Waals surface area (Å²) in [5.41, 5.74) is 5.88. The zero-order chi connectivity index (χ0) is 9.80. The molecule has 0 amide bonds. The van der Waals surface area contributed by atoms with Gasteiger partial charge in [-0.05, 0) is 36.6 Å². The van der Waals surface area contributed by atoms with Gasteiger partial charge in [0, 0.05) is 0 Å². The molecule has 1 aliphatic rings. The molecule has 0 spiro atoms. The largest absolute Gasteiger partial charge is 0.277 e. The van der Waals surface area contributed by atoms with Gasteiger partial charge in [-0.25, -0.2) is 0 Å². The third-order valence-corrected chi connectivity index (χ3v) is 1.93. The molecular formula is C12H10N2. The SMILES string of the molecule is CC#CC1=NNc2ccccc2C=C1. The van der Waals surface area contributed by atoms with E-state index >= 15 is 0 Å². The lowest BCUT2D eigenvalue weighted by molar-refractivity contribution is 1.35. The third-order valence-electron chi connectivity index (χ3n) is 1.93. The van der Waals surface area contributed by atoms with Crippen LogP contribution in [0.25, 0.3) is 6.08 Å². The summed E-state index contributed by atoms with van der Waals surface area (Å²) in [5, 5.41) is 4.16. The van der Waals surface area contributed by atoms with Gasteiger partial charge in [0.15, 0.2) is 0 Å². The van der Waals surface area contributed by atoms with Gasteiger partial charge in [-0.15, -0.1) is 0 Å². The first-order valence-electron chi connectivity index (χ1n) is 4.44. The van der Waals surface area contributed by atoms with Gasteiger partial charge in [0.25, 0.3) is 0 Å². The lowest BCUT2D eigenvalue weighted by atomic mass is 10.1. The summed E-state index contributed by atoms with van der Waals surface area (Å²) < 4.78 is 0. The van der Waals surface area contributed by atoms with E-state index in [2.05, 4.69) is 22.4 Å². The molecule has 0 bridgehead atoms. The average Bonchev–Trinajstić information content (AvgIpc) is 2.42. The Morgan fingerprint density at radius 3 is 2.93 bits per heavy atom. The van der Waals surface area contributed by atoms with E-state index in [0.29, 0.717) is 0 Å². The second kappa shape index (κ2) is 3.80. The molecule has 0 radical (unpaired) electrons. The standard InChI is InChI=1S/C12H10N2/c1-2-5-11-9-8-10-6-3-4-7-12(10)14-13-11/h3-4,6-9,14H,1H3. The van der Waals surface area contributed by atoms with Crippen LogP contribution in [-0.4, -0.2) is 5.71 Å². The van der Waals surface area contributed by atoms with Crippen LogP contribution in [0.5, 0.6) is 0 Å². The number of hydrogen-bond acceptors (Lipinski definition) is 2. The maximum atomic E-state index is 4.16. The minimum atomic E-state index is 0.753. The monoisotopic (exact) mass is 182 g/mol. The molecule has 1 N–H and O–H groups in total. The second-order valence-corrected chi connectivity index (χ2v) is 2.90. The fraction of sp³-hybridized carbons (Fsp3) is 0.0833. The van der Waals surface area contributed by atoms with Gasteiger partial charge in [0.1, 0.15) is 5.71 Å². The highest BCUT2D eigenvalue weighted by Gasteiger charge is 2.00. The van der Waals surface area contributed by atoms with Crippen LogP contribution in [0.3, 0.4) is 0 Å². The molecule has 68 valence electrons. The number of hydrazone groups is 1. The number of fused-ring (bicyclic) bond motifs is 1. The molecule has 0 atom stereocenters. The molecule has 0 aliphatic carbocycles. The van der Waals surface area contributed by atoms with E-state index < -0.39 is 0 Å². The van der Waals surface area contributed by atoms with Crippen molar-refractivity contribution in [3.8, 4) is 11.8 Å². The number of anilines is 1. The third kappa shape index (κ3) is 1.67. The average molecular weight is 182 g/mol. The number of benzene rings is 1. The number of nitrogens with zero attached hydrogens (tertiary/aromatic N) is 1. The molecule has 1 heterocycles. The van der Waals surface area contributed by atoms with E-state index in [1.807, 2.05) is 36.4 Å². The summed E-state index contributed by atoms with van der Waals surface area (Å²) in [7, 11) is 0. The minimum absolute atomic E-state index is 0.753. The van der Waals surface area contributed by atoms with Crippen LogP contribution in [0.1, 0.15) is 12.5 Å². The van der Waals surface area contributed by atoms with Gasteiger partial charge in [-0.3, -0.25) is 5.43 Å². The van der Waals surface area contributed by atoms with Crippen molar-refractivity contribution in [3.63, 3.8) is 0 Å². The van der Waals surface area contributed by atoms with Gasteiger partial charge in [-0.1, -0.05) is 24.1 Å². The van der Waals surface area contributed by atoms with E-state index in [-0.39, 0.29) is 0 Å². The van der Waals surface area contributed by atoms with E-state index in [4.69, 9.17) is 0 Å². The Labute approximate surface area is 83.3 Å². The molecule has 2 nitrogen and oxygen atoms in total. The van der Waals surface area contributed by atoms with Crippen LogP contribution < -0.4 is 5.43 Å². The van der Waals surface area contributed by atoms with Crippen LogP contribution in [0.15, 0.2) is 35.4 Å². The molecule has 2 rings (SSSR count). The predicted octanol–water partition coefficient (Wildman–Crippen LogP) is 2.50. The normalized spacial score (nSPS) is 12.8. The van der Waals surface area contributed by atoms with E-state index in [1.165, 1.54) is 0 Å².